The summed E-state index contributed by atoms with van der Waals surface area (Å²) >= 11 is 1.45. The summed E-state index contributed by atoms with van der Waals surface area (Å²) in [4.78, 5) is 28.5. The van der Waals surface area contributed by atoms with Crippen LogP contribution in [0.2, 0.25) is 0 Å². The van der Waals surface area contributed by atoms with Gasteiger partial charge in [-0.05, 0) is 12.1 Å². The van der Waals surface area contributed by atoms with Gasteiger partial charge in [-0.25, -0.2) is 9.37 Å². The van der Waals surface area contributed by atoms with E-state index in [2.05, 4.69) is 20.9 Å². The van der Waals surface area contributed by atoms with Gasteiger partial charge < -0.3 is 4.57 Å². The number of allylic oxidation sites excluding steroid dienone is 1. The first-order valence-corrected chi connectivity index (χ1v) is 8.19. The van der Waals surface area contributed by atoms with Gasteiger partial charge in [0.05, 0.1) is 24.4 Å². The van der Waals surface area contributed by atoms with E-state index in [0.29, 0.717) is 17.1 Å². The molecule has 0 amide bonds. The first-order chi connectivity index (χ1) is 12.1. The summed E-state index contributed by atoms with van der Waals surface area (Å²) in [6, 6.07) is 3.49. The zero-order valence-electron chi connectivity index (χ0n) is 12.7. The summed E-state index contributed by atoms with van der Waals surface area (Å²) in [5.74, 6) is -0.429. The number of nitrogens with zero attached hydrogens (tertiary/aromatic N) is 5. The van der Waals surface area contributed by atoms with Gasteiger partial charge in [0, 0.05) is 24.0 Å². The van der Waals surface area contributed by atoms with Crippen molar-refractivity contribution in [2.75, 3.05) is 0 Å². The molecule has 0 unspecified atom stereocenters. The van der Waals surface area contributed by atoms with Crippen LogP contribution in [0, 0.1) is 0 Å². The maximum Gasteiger partial charge on any atom is 0.321 e. The minimum absolute atomic E-state index is 0.00700. The first kappa shape index (κ1) is 15.4. The van der Waals surface area contributed by atoms with Gasteiger partial charge in [0.25, 0.3) is 0 Å². The van der Waals surface area contributed by atoms with E-state index in [9.17, 15) is 14.0 Å². The highest BCUT2D eigenvalue weighted by molar-refractivity contribution is 7.13. The minimum atomic E-state index is -0.745. The largest absolute Gasteiger partial charge is 0.321 e. The lowest BCUT2D eigenvalue weighted by molar-refractivity contribution is 0.599. The molecule has 0 radical (unpaired) electrons. The van der Waals surface area contributed by atoms with Gasteiger partial charge in [0.15, 0.2) is 5.83 Å². The van der Waals surface area contributed by atoms with Crippen molar-refractivity contribution in [1.82, 2.24) is 24.3 Å². The Bertz CT molecular complexity index is 1120. The van der Waals surface area contributed by atoms with Crippen LogP contribution in [-0.4, -0.2) is 24.3 Å². The molecular formula is C16H10FN5O2S. The maximum absolute atomic E-state index is 12.8. The van der Waals surface area contributed by atoms with E-state index < -0.39 is 16.9 Å². The molecule has 0 saturated heterocycles. The zero-order chi connectivity index (χ0) is 17.4. The van der Waals surface area contributed by atoms with Crippen molar-refractivity contribution < 1.29 is 4.39 Å². The molecule has 0 bridgehead atoms. The average molecular weight is 355 g/mol. The van der Waals surface area contributed by atoms with Crippen LogP contribution in [0.5, 0.6) is 0 Å². The Kier molecular flexibility index (Phi) is 3.72. The molecule has 0 aliphatic heterocycles. The molecule has 0 spiro atoms. The Morgan fingerprint density at radius 1 is 1.20 bits per heavy atom. The Hall–Kier alpha value is -3.16. The highest BCUT2D eigenvalue weighted by Crippen LogP contribution is 2.22. The van der Waals surface area contributed by atoms with Crippen LogP contribution in [0.15, 0.2) is 57.3 Å². The van der Waals surface area contributed by atoms with Gasteiger partial charge in [-0.1, -0.05) is 5.73 Å². The quantitative estimate of drug-likeness (QED) is 0.525. The molecular weight excluding hydrogens is 345 g/mol. The van der Waals surface area contributed by atoms with E-state index in [4.69, 9.17) is 0 Å². The number of thiazole rings is 1. The van der Waals surface area contributed by atoms with Gasteiger partial charge >= 0.3 is 11.1 Å². The Balaban J connectivity index is 1.61. The molecule has 7 nitrogen and oxygen atoms in total. The number of aromatic nitrogens is 5. The van der Waals surface area contributed by atoms with E-state index in [-0.39, 0.29) is 13.0 Å². The summed E-state index contributed by atoms with van der Waals surface area (Å²) in [5.41, 5.74) is 2.44. The molecule has 9 heteroatoms. The van der Waals surface area contributed by atoms with Crippen LogP contribution in [0.4, 0.5) is 4.39 Å². The number of rotatable bonds is 4. The van der Waals surface area contributed by atoms with Crippen molar-refractivity contribution in [3.05, 3.63) is 74.1 Å². The topological polar surface area (TPSA) is 82.7 Å². The van der Waals surface area contributed by atoms with Crippen molar-refractivity contribution >= 4 is 17.0 Å². The summed E-state index contributed by atoms with van der Waals surface area (Å²) in [7, 11) is 0. The summed E-state index contributed by atoms with van der Waals surface area (Å²) in [5, 5.41) is 10.8. The van der Waals surface area contributed by atoms with Crippen LogP contribution in [0.3, 0.4) is 0 Å². The van der Waals surface area contributed by atoms with Gasteiger partial charge in [0.2, 0.25) is 0 Å². The zero-order valence-corrected chi connectivity index (χ0v) is 13.5. The fourth-order valence-corrected chi connectivity index (χ4v) is 2.96. The third kappa shape index (κ3) is 2.86. The second kappa shape index (κ2) is 6.04. The molecule has 3 heterocycles. The summed E-state index contributed by atoms with van der Waals surface area (Å²) in [6.07, 6.45) is 4.58. The van der Waals surface area contributed by atoms with E-state index in [1.54, 1.807) is 18.3 Å². The van der Waals surface area contributed by atoms with Crippen molar-refractivity contribution in [3.8, 4) is 10.7 Å². The molecule has 4 rings (SSSR count). The fraction of sp³-hybridized carbons (Fsp3) is 0.125. The van der Waals surface area contributed by atoms with Crippen molar-refractivity contribution in [3.63, 3.8) is 0 Å². The monoisotopic (exact) mass is 355 g/mol. The Morgan fingerprint density at radius 2 is 2.04 bits per heavy atom. The normalized spacial score (nSPS) is 13.2. The highest BCUT2D eigenvalue weighted by Gasteiger charge is 2.16. The van der Waals surface area contributed by atoms with Gasteiger partial charge in [0.1, 0.15) is 10.7 Å². The molecule has 0 fully saturated rings. The van der Waals surface area contributed by atoms with Crippen LogP contribution in [0.1, 0.15) is 12.1 Å². The number of hydrogen-bond acceptors (Lipinski definition) is 6. The average Bonchev–Trinajstić information content (AvgIpc) is 3.12. The van der Waals surface area contributed by atoms with Gasteiger partial charge in [-0.15, -0.1) is 16.4 Å². The second-order valence-corrected chi connectivity index (χ2v) is 6.20. The van der Waals surface area contributed by atoms with E-state index in [0.717, 1.165) is 9.57 Å². The first-order valence-electron chi connectivity index (χ1n) is 7.31. The summed E-state index contributed by atoms with van der Waals surface area (Å²) in [6.45, 7) is 0.114. The van der Waals surface area contributed by atoms with Crippen LogP contribution in [0.25, 0.3) is 16.4 Å². The van der Waals surface area contributed by atoms with Crippen LogP contribution in [-0.2, 0) is 6.54 Å². The predicted molar refractivity (Wildman–Crippen MR) is 89.7 cm³/mol. The lowest BCUT2D eigenvalue weighted by atomic mass is 10.2. The molecule has 0 aromatic carbocycles. The van der Waals surface area contributed by atoms with Crippen LogP contribution >= 0.6 is 11.3 Å². The third-order valence-corrected chi connectivity index (χ3v) is 4.45. The minimum Gasteiger partial charge on any atom is -0.303 e. The third-order valence-electron chi connectivity index (χ3n) is 3.66. The van der Waals surface area contributed by atoms with E-state index >= 15 is 0 Å². The lowest BCUT2D eigenvalue weighted by Gasteiger charge is -2.13. The smallest absolute Gasteiger partial charge is 0.303 e. The molecule has 124 valence electrons. The predicted octanol–water partition coefficient (Wildman–Crippen LogP) is 1.67. The van der Waals surface area contributed by atoms with E-state index in [1.807, 2.05) is 5.38 Å². The molecule has 0 N–H and O–H groups in total. The number of hydrogen-bond donors (Lipinski definition) is 0. The molecule has 0 saturated carbocycles. The van der Waals surface area contributed by atoms with E-state index in [1.165, 1.54) is 28.3 Å². The molecule has 1 aliphatic carbocycles. The van der Waals surface area contributed by atoms with Crippen molar-refractivity contribution in [1.29, 1.82) is 0 Å². The fourth-order valence-electron chi connectivity index (χ4n) is 2.36. The second-order valence-electron chi connectivity index (χ2n) is 5.31. The van der Waals surface area contributed by atoms with Crippen molar-refractivity contribution in [2.45, 2.75) is 13.0 Å². The molecule has 0 atom stereocenters. The highest BCUT2D eigenvalue weighted by atomic mass is 32.1. The standard InChI is InChI=1S/C16H10FN5O2S/c17-10-7-12(8-10)22-5-4-21(15(23)16(22)24)9-11-1-2-13(20-19-11)14-18-3-6-25-14/h1-6H,7,9H2. The number of halogens is 1. The Morgan fingerprint density at radius 3 is 2.68 bits per heavy atom. The molecule has 25 heavy (non-hydrogen) atoms. The van der Waals surface area contributed by atoms with Gasteiger partial charge in [-0.2, -0.15) is 5.10 Å². The maximum atomic E-state index is 12.8. The Labute approximate surface area is 144 Å². The molecule has 1 aliphatic rings. The SMILES string of the molecule is O=c1c(=O)n(C2=C=C(F)C2)ccn1Cc1ccc(-c2nccs2)nn1. The van der Waals surface area contributed by atoms with Crippen molar-refractivity contribution in [2.24, 2.45) is 0 Å². The molecule has 3 aromatic heterocycles. The van der Waals surface area contributed by atoms with Crippen LogP contribution < -0.4 is 11.1 Å². The molecule has 3 aromatic rings. The lowest BCUT2D eigenvalue weighted by Crippen LogP contribution is -2.40. The van der Waals surface area contributed by atoms with Gasteiger partial charge in [-0.3, -0.25) is 14.2 Å². The summed E-state index contributed by atoms with van der Waals surface area (Å²) < 4.78 is 15.1.